The van der Waals surface area contributed by atoms with Gasteiger partial charge in [-0.05, 0) is 24.3 Å². The van der Waals surface area contributed by atoms with E-state index in [9.17, 15) is 4.79 Å². The van der Waals surface area contributed by atoms with Gasteiger partial charge >= 0.3 is 0 Å². The molecule has 0 aliphatic heterocycles. The molecule has 1 heterocycles. The summed E-state index contributed by atoms with van der Waals surface area (Å²) >= 11 is 6.15. The van der Waals surface area contributed by atoms with Crippen molar-refractivity contribution in [3.05, 3.63) is 46.9 Å². The Morgan fingerprint density at radius 2 is 2.21 bits per heavy atom. The van der Waals surface area contributed by atoms with Crippen LogP contribution in [0.5, 0.6) is 0 Å². The quantitative estimate of drug-likeness (QED) is 0.841. The van der Waals surface area contributed by atoms with Gasteiger partial charge < -0.3 is 20.8 Å². The lowest BCUT2D eigenvalue weighted by Crippen LogP contribution is -2.22. The minimum atomic E-state index is -0.574. The van der Waals surface area contributed by atoms with Crippen LogP contribution in [0.15, 0.2) is 34.9 Å². The number of anilines is 2. The molecule has 4 N–H and O–H groups in total. The van der Waals surface area contributed by atoms with Gasteiger partial charge in [0.05, 0.1) is 29.1 Å². The predicted octanol–water partition coefficient (Wildman–Crippen LogP) is 2.25. The number of carbonyl (C=O) groups excluding carboxylic acids is 1. The molecule has 6 heteroatoms. The third kappa shape index (κ3) is 2.82. The summed E-state index contributed by atoms with van der Waals surface area (Å²) in [7, 11) is 1.80. The van der Waals surface area contributed by atoms with Crippen molar-refractivity contribution in [2.24, 2.45) is 5.73 Å². The zero-order chi connectivity index (χ0) is 14.0. The Labute approximate surface area is 115 Å². The maximum Gasteiger partial charge on any atom is 0.250 e. The molecule has 0 radical (unpaired) electrons. The number of nitrogen functional groups attached to an aromatic ring is 1. The van der Waals surface area contributed by atoms with Gasteiger partial charge in [0.2, 0.25) is 0 Å². The molecule has 0 aliphatic carbocycles. The summed E-state index contributed by atoms with van der Waals surface area (Å²) in [6.45, 7) is 0.469. The van der Waals surface area contributed by atoms with E-state index in [0.29, 0.717) is 28.5 Å². The number of furan rings is 1. The van der Waals surface area contributed by atoms with Crippen molar-refractivity contribution in [1.29, 1.82) is 0 Å². The van der Waals surface area contributed by atoms with Gasteiger partial charge in [-0.25, -0.2) is 0 Å². The Bertz CT molecular complexity index is 596. The van der Waals surface area contributed by atoms with E-state index < -0.39 is 5.91 Å². The van der Waals surface area contributed by atoms with Gasteiger partial charge in [-0.3, -0.25) is 4.79 Å². The average Bonchev–Trinajstić information content (AvgIpc) is 2.80. The Kier molecular flexibility index (Phi) is 3.66. The van der Waals surface area contributed by atoms with Crippen LogP contribution in [-0.4, -0.2) is 13.0 Å². The molecule has 0 bridgehead atoms. The SMILES string of the molecule is CN(Cc1ccco1)c1c(Cl)cc(N)cc1C(N)=O. The molecule has 0 spiro atoms. The van der Waals surface area contributed by atoms with Crippen LogP contribution < -0.4 is 16.4 Å². The van der Waals surface area contributed by atoms with E-state index in [4.69, 9.17) is 27.5 Å². The summed E-state index contributed by atoms with van der Waals surface area (Å²) in [6.07, 6.45) is 1.59. The molecule has 5 nitrogen and oxygen atoms in total. The molecule has 0 fully saturated rings. The molecular formula is C13H14ClN3O2. The first-order valence-corrected chi connectivity index (χ1v) is 5.99. The van der Waals surface area contributed by atoms with Gasteiger partial charge in [-0.1, -0.05) is 11.6 Å². The largest absolute Gasteiger partial charge is 0.467 e. The smallest absolute Gasteiger partial charge is 0.250 e. The number of rotatable bonds is 4. The Balaban J connectivity index is 2.40. The lowest BCUT2D eigenvalue weighted by atomic mass is 10.1. The highest BCUT2D eigenvalue weighted by molar-refractivity contribution is 6.34. The summed E-state index contributed by atoms with van der Waals surface area (Å²) < 4.78 is 5.26. The number of nitrogens with zero attached hydrogens (tertiary/aromatic N) is 1. The van der Waals surface area contributed by atoms with Gasteiger partial charge in [0.15, 0.2) is 0 Å². The number of hydrogen-bond donors (Lipinski definition) is 2. The van der Waals surface area contributed by atoms with E-state index in [2.05, 4.69) is 0 Å². The first kappa shape index (κ1) is 13.3. The van der Waals surface area contributed by atoms with Crippen LogP contribution in [0.3, 0.4) is 0 Å². The summed E-state index contributed by atoms with van der Waals surface area (Å²) in [5.74, 6) is 0.182. The molecule has 1 aromatic carbocycles. The highest BCUT2D eigenvalue weighted by atomic mass is 35.5. The normalized spacial score (nSPS) is 10.4. The number of nitrogens with two attached hydrogens (primary N) is 2. The van der Waals surface area contributed by atoms with Crippen LogP contribution in [-0.2, 0) is 6.54 Å². The van der Waals surface area contributed by atoms with E-state index in [1.54, 1.807) is 30.3 Å². The van der Waals surface area contributed by atoms with Crippen molar-refractivity contribution < 1.29 is 9.21 Å². The standard InChI is InChI=1S/C13H14ClN3O2/c1-17(7-9-3-2-4-19-9)12-10(13(16)18)5-8(15)6-11(12)14/h2-6H,7,15H2,1H3,(H2,16,18). The van der Waals surface area contributed by atoms with Crippen molar-refractivity contribution in [3.8, 4) is 0 Å². The van der Waals surface area contributed by atoms with Gasteiger partial charge in [0.1, 0.15) is 5.76 Å². The van der Waals surface area contributed by atoms with Crippen molar-refractivity contribution in [1.82, 2.24) is 0 Å². The second-order valence-corrected chi connectivity index (χ2v) is 4.61. The van der Waals surface area contributed by atoms with Crippen LogP contribution in [0.2, 0.25) is 5.02 Å². The Morgan fingerprint density at radius 1 is 1.47 bits per heavy atom. The first-order chi connectivity index (χ1) is 8.99. The van der Waals surface area contributed by atoms with E-state index in [1.165, 1.54) is 6.07 Å². The molecular weight excluding hydrogens is 266 g/mol. The zero-order valence-electron chi connectivity index (χ0n) is 10.4. The van der Waals surface area contributed by atoms with E-state index >= 15 is 0 Å². The number of halogens is 1. The average molecular weight is 280 g/mol. The topological polar surface area (TPSA) is 85.5 Å². The molecule has 100 valence electrons. The molecule has 2 aromatic rings. The van der Waals surface area contributed by atoms with Crippen LogP contribution in [0.1, 0.15) is 16.1 Å². The second kappa shape index (κ2) is 5.24. The van der Waals surface area contributed by atoms with E-state index in [0.717, 1.165) is 5.76 Å². The number of amides is 1. The molecule has 1 amide bonds. The number of carbonyl (C=O) groups is 1. The van der Waals surface area contributed by atoms with E-state index in [1.807, 2.05) is 6.07 Å². The van der Waals surface area contributed by atoms with Crippen molar-refractivity contribution in [2.45, 2.75) is 6.54 Å². The van der Waals surface area contributed by atoms with Crippen LogP contribution in [0.25, 0.3) is 0 Å². The molecule has 19 heavy (non-hydrogen) atoms. The first-order valence-electron chi connectivity index (χ1n) is 5.61. The molecule has 2 rings (SSSR count). The summed E-state index contributed by atoms with van der Waals surface area (Å²) in [5, 5.41) is 0.378. The highest BCUT2D eigenvalue weighted by Gasteiger charge is 2.17. The van der Waals surface area contributed by atoms with Gasteiger partial charge in [0, 0.05) is 12.7 Å². The van der Waals surface area contributed by atoms with Gasteiger partial charge in [-0.15, -0.1) is 0 Å². The van der Waals surface area contributed by atoms with Crippen LogP contribution in [0.4, 0.5) is 11.4 Å². The Morgan fingerprint density at radius 3 is 2.79 bits per heavy atom. The maximum atomic E-state index is 11.5. The molecule has 1 aromatic heterocycles. The second-order valence-electron chi connectivity index (χ2n) is 4.20. The van der Waals surface area contributed by atoms with Crippen molar-refractivity contribution in [3.63, 3.8) is 0 Å². The fourth-order valence-corrected chi connectivity index (χ4v) is 2.28. The lowest BCUT2D eigenvalue weighted by molar-refractivity contribution is 0.100. The van der Waals surface area contributed by atoms with Gasteiger partial charge in [-0.2, -0.15) is 0 Å². The predicted molar refractivity (Wildman–Crippen MR) is 75.2 cm³/mol. The van der Waals surface area contributed by atoms with E-state index in [-0.39, 0.29) is 0 Å². The molecule has 0 saturated carbocycles. The monoisotopic (exact) mass is 279 g/mol. The van der Waals surface area contributed by atoms with Crippen molar-refractivity contribution >= 4 is 28.9 Å². The lowest BCUT2D eigenvalue weighted by Gasteiger charge is -2.22. The summed E-state index contributed by atoms with van der Waals surface area (Å²) in [4.78, 5) is 13.3. The minimum absolute atomic E-state index is 0.291. The summed E-state index contributed by atoms with van der Waals surface area (Å²) in [6, 6.07) is 6.73. The highest BCUT2D eigenvalue weighted by Crippen LogP contribution is 2.32. The molecule has 0 aliphatic rings. The maximum absolute atomic E-state index is 11.5. The third-order valence-corrected chi connectivity index (χ3v) is 2.99. The molecule has 0 unspecified atom stereocenters. The van der Waals surface area contributed by atoms with Gasteiger partial charge in [0.25, 0.3) is 5.91 Å². The Hall–Kier alpha value is -2.14. The van der Waals surface area contributed by atoms with Crippen molar-refractivity contribution in [2.75, 3.05) is 17.7 Å². The van der Waals surface area contributed by atoms with Crippen LogP contribution in [0, 0.1) is 0 Å². The van der Waals surface area contributed by atoms with Crippen LogP contribution >= 0.6 is 11.6 Å². The third-order valence-electron chi connectivity index (χ3n) is 2.71. The summed E-state index contributed by atoms with van der Waals surface area (Å²) in [5.41, 5.74) is 12.3. The zero-order valence-corrected chi connectivity index (χ0v) is 11.1. The fraction of sp³-hybridized carbons (Fsp3) is 0.154. The number of hydrogen-bond acceptors (Lipinski definition) is 4. The molecule has 0 atom stereocenters. The number of benzene rings is 1. The minimum Gasteiger partial charge on any atom is -0.467 e. The fourth-order valence-electron chi connectivity index (χ4n) is 1.91. The number of primary amides is 1. The molecule has 0 saturated heterocycles.